The molecule has 0 unspecified atom stereocenters. The summed E-state index contributed by atoms with van der Waals surface area (Å²) in [5.74, 6) is -0.442. The molecule has 0 fully saturated rings. The van der Waals surface area contributed by atoms with E-state index in [9.17, 15) is 9.59 Å². The number of hydrogen-bond acceptors (Lipinski definition) is 5. The molecule has 17 heavy (non-hydrogen) atoms. The first-order valence-corrected chi connectivity index (χ1v) is 6.09. The van der Waals surface area contributed by atoms with E-state index in [1.54, 1.807) is 19.5 Å². The van der Waals surface area contributed by atoms with E-state index in [0.717, 1.165) is 5.69 Å². The Labute approximate surface area is 104 Å². The second-order valence-corrected chi connectivity index (χ2v) is 4.02. The molecule has 7 heteroatoms. The lowest BCUT2D eigenvalue weighted by molar-refractivity contribution is -0.141. The largest absolute Gasteiger partial charge is 0.465 e. The summed E-state index contributed by atoms with van der Waals surface area (Å²) in [5.41, 5.74) is 2.53. The van der Waals surface area contributed by atoms with Crippen molar-refractivity contribution in [3.8, 4) is 0 Å². The molecular weight excluding hydrogens is 242 g/mol. The third-order valence-electron chi connectivity index (χ3n) is 1.92. The lowest BCUT2D eigenvalue weighted by Gasteiger charge is -2.16. The van der Waals surface area contributed by atoms with Crippen LogP contribution in [0, 0.1) is 0 Å². The Morgan fingerprint density at radius 2 is 2.35 bits per heavy atom. The predicted molar refractivity (Wildman–Crippen MR) is 63.6 cm³/mol. The monoisotopic (exact) mass is 257 g/mol. The van der Waals surface area contributed by atoms with E-state index in [1.807, 2.05) is 5.38 Å². The second kappa shape index (κ2) is 6.85. The van der Waals surface area contributed by atoms with Gasteiger partial charge in [-0.15, -0.1) is 11.3 Å². The van der Waals surface area contributed by atoms with Crippen LogP contribution in [0.15, 0.2) is 10.9 Å². The van der Waals surface area contributed by atoms with Gasteiger partial charge >= 0.3 is 12.0 Å². The number of ether oxygens (including phenoxy) is 1. The number of amides is 2. The fourth-order valence-electron chi connectivity index (χ4n) is 1.13. The molecule has 0 atom stereocenters. The van der Waals surface area contributed by atoms with Crippen molar-refractivity contribution in [2.75, 3.05) is 20.2 Å². The average Bonchev–Trinajstić information content (AvgIpc) is 2.79. The van der Waals surface area contributed by atoms with Gasteiger partial charge in [-0.2, -0.15) is 0 Å². The average molecular weight is 257 g/mol. The molecule has 94 valence electrons. The van der Waals surface area contributed by atoms with Crippen molar-refractivity contribution in [1.82, 2.24) is 15.2 Å². The number of urea groups is 1. The first-order chi connectivity index (χ1) is 8.13. The van der Waals surface area contributed by atoms with Crippen molar-refractivity contribution in [2.45, 2.75) is 13.5 Å². The minimum absolute atomic E-state index is 0.117. The summed E-state index contributed by atoms with van der Waals surface area (Å²) < 4.78 is 4.70. The maximum Gasteiger partial charge on any atom is 0.325 e. The maximum absolute atomic E-state index is 11.6. The van der Waals surface area contributed by atoms with E-state index in [4.69, 9.17) is 4.74 Å². The van der Waals surface area contributed by atoms with Crippen molar-refractivity contribution in [3.63, 3.8) is 0 Å². The highest BCUT2D eigenvalue weighted by molar-refractivity contribution is 7.07. The number of nitrogens with zero attached hydrogens (tertiary/aromatic N) is 2. The molecule has 0 radical (unpaired) electrons. The SMILES string of the molecule is CCOC(=O)CNC(=O)N(C)Cc1cscn1. The Kier molecular flexibility index (Phi) is 5.41. The van der Waals surface area contributed by atoms with Gasteiger partial charge in [-0.1, -0.05) is 0 Å². The van der Waals surface area contributed by atoms with Crippen LogP contribution in [0.4, 0.5) is 4.79 Å². The molecule has 6 nitrogen and oxygen atoms in total. The topological polar surface area (TPSA) is 71.5 Å². The Morgan fingerprint density at radius 1 is 1.59 bits per heavy atom. The Morgan fingerprint density at radius 3 is 2.94 bits per heavy atom. The predicted octanol–water partition coefficient (Wildman–Crippen LogP) is 0.848. The van der Waals surface area contributed by atoms with Crippen molar-refractivity contribution in [1.29, 1.82) is 0 Å². The van der Waals surface area contributed by atoms with Gasteiger partial charge in [0.1, 0.15) is 6.54 Å². The molecule has 0 aromatic carbocycles. The Hall–Kier alpha value is -1.63. The van der Waals surface area contributed by atoms with Gasteiger partial charge < -0.3 is 15.0 Å². The van der Waals surface area contributed by atoms with E-state index in [2.05, 4.69) is 10.3 Å². The van der Waals surface area contributed by atoms with Crippen molar-refractivity contribution in [2.24, 2.45) is 0 Å². The Bertz CT molecular complexity index is 367. The highest BCUT2D eigenvalue weighted by atomic mass is 32.1. The quantitative estimate of drug-likeness (QED) is 0.794. The molecule has 1 N–H and O–H groups in total. The minimum atomic E-state index is -0.442. The zero-order valence-electron chi connectivity index (χ0n) is 9.80. The zero-order chi connectivity index (χ0) is 12.7. The standard InChI is InChI=1S/C10H15N3O3S/c1-3-16-9(14)4-11-10(15)13(2)5-8-6-17-7-12-8/h6-7H,3-5H2,1-2H3,(H,11,15). The van der Waals surface area contributed by atoms with E-state index < -0.39 is 5.97 Å². The van der Waals surface area contributed by atoms with Crippen molar-refractivity contribution < 1.29 is 14.3 Å². The summed E-state index contributed by atoms with van der Waals surface area (Å²) in [7, 11) is 1.64. The summed E-state index contributed by atoms with van der Waals surface area (Å²) in [6.45, 7) is 2.32. The third kappa shape index (κ3) is 4.81. The number of carbonyl (C=O) groups is 2. The van der Waals surface area contributed by atoms with Gasteiger partial charge in [-0.25, -0.2) is 9.78 Å². The molecule has 0 aliphatic carbocycles. The highest BCUT2D eigenvalue weighted by Gasteiger charge is 2.11. The van der Waals surface area contributed by atoms with E-state index in [0.29, 0.717) is 13.2 Å². The molecule has 1 heterocycles. The normalized spacial score (nSPS) is 9.76. The molecule has 0 saturated heterocycles. The van der Waals surface area contributed by atoms with Crippen molar-refractivity contribution >= 4 is 23.3 Å². The molecule has 1 aromatic heterocycles. The van der Waals surface area contributed by atoms with E-state index in [-0.39, 0.29) is 12.6 Å². The van der Waals surface area contributed by atoms with Crippen LogP contribution in [0.3, 0.4) is 0 Å². The van der Waals surface area contributed by atoms with Crippen LogP contribution in [0.1, 0.15) is 12.6 Å². The number of carbonyl (C=O) groups excluding carboxylic acids is 2. The summed E-state index contributed by atoms with van der Waals surface area (Å²) in [4.78, 5) is 28.1. The van der Waals surface area contributed by atoms with Crippen LogP contribution in [0.25, 0.3) is 0 Å². The molecule has 0 saturated carbocycles. The molecule has 1 rings (SSSR count). The first kappa shape index (κ1) is 13.4. The number of esters is 1. The van der Waals surface area contributed by atoms with Crippen LogP contribution in [0.2, 0.25) is 0 Å². The number of aromatic nitrogens is 1. The Balaban J connectivity index is 2.29. The van der Waals surface area contributed by atoms with E-state index >= 15 is 0 Å². The molecule has 2 amide bonds. The van der Waals surface area contributed by atoms with Gasteiger partial charge in [0, 0.05) is 12.4 Å². The fourth-order valence-corrected chi connectivity index (χ4v) is 1.67. The highest BCUT2D eigenvalue weighted by Crippen LogP contribution is 2.03. The van der Waals surface area contributed by atoms with Gasteiger partial charge in [0.05, 0.1) is 24.4 Å². The molecule has 1 aromatic rings. The summed E-state index contributed by atoms with van der Waals surface area (Å²) in [6.07, 6.45) is 0. The zero-order valence-corrected chi connectivity index (χ0v) is 10.6. The third-order valence-corrected chi connectivity index (χ3v) is 2.55. The minimum Gasteiger partial charge on any atom is -0.465 e. The van der Waals surface area contributed by atoms with Crippen molar-refractivity contribution in [3.05, 3.63) is 16.6 Å². The second-order valence-electron chi connectivity index (χ2n) is 3.30. The van der Waals surface area contributed by atoms with Crippen LogP contribution in [-0.4, -0.2) is 42.1 Å². The summed E-state index contributed by atoms with van der Waals surface area (Å²) in [5, 5.41) is 4.34. The van der Waals surface area contributed by atoms with Crippen LogP contribution in [0.5, 0.6) is 0 Å². The number of rotatable bonds is 5. The lowest BCUT2D eigenvalue weighted by atomic mass is 10.4. The number of hydrogen-bond donors (Lipinski definition) is 1. The number of nitrogens with one attached hydrogen (secondary N) is 1. The first-order valence-electron chi connectivity index (χ1n) is 5.15. The molecule has 0 aliphatic heterocycles. The smallest absolute Gasteiger partial charge is 0.325 e. The molecule has 0 bridgehead atoms. The van der Waals surface area contributed by atoms with Crippen LogP contribution in [-0.2, 0) is 16.1 Å². The van der Waals surface area contributed by atoms with Gasteiger partial charge in [-0.3, -0.25) is 4.79 Å². The van der Waals surface area contributed by atoms with Crippen LogP contribution < -0.4 is 5.32 Å². The number of thiazole rings is 1. The summed E-state index contributed by atoms with van der Waals surface area (Å²) in [6, 6.07) is -0.328. The van der Waals surface area contributed by atoms with Gasteiger partial charge in [0.2, 0.25) is 0 Å². The molecule has 0 spiro atoms. The van der Waals surface area contributed by atoms with Gasteiger partial charge in [0.15, 0.2) is 0 Å². The van der Waals surface area contributed by atoms with Gasteiger partial charge in [0.25, 0.3) is 0 Å². The van der Waals surface area contributed by atoms with E-state index in [1.165, 1.54) is 16.2 Å². The molecule has 0 aliphatic rings. The molecular formula is C10H15N3O3S. The fraction of sp³-hybridized carbons (Fsp3) is 0.500. The summed E-state index contributed by atoms with van der Waals surface area (Å²) >= 11 is 1.47. The van der Waals surface area contributed by atoms with Gasteiger partial charge in [-0.05, 0) is 6.92 Å². The van der Waals surface area contributed by atoms with Crippen LogP contribution >= 0.6 is 11.3 Å². The maximum atomic E-state index is 11.6. The lowest BCUT2D eigenvalue weighted by Crippen LogP contribution is -2.39.